The highest BCUT2D eigenvalue weighted by molar-refractivity contribution is 5.89. The van der Waals surface area contributed by atoms with Gasteiger partial charge in [-0.3, -0.25) is 4.79 Å². The number of nitriles is 1. The molecule has 0 radical (unpaired) electrons. The van der Waals surface area contributed by atoms with E-state index >= 15 is 0 Å². The zero-order valence-electron chi connectivity index (χ0n) is 21.1. The topological polar surface area (TPSA) is 91.1 Å². The average molecular weight is 492 g/mol. The molecule has 7 nitrogen and oxygen atoms in total. The highest BCUT2D eigenvalue weighted by Crippen LogP contribution is 2.31. The predicted octanol–water partition coefficient (Wildman–Crippen LogP) is 5.86. The summed E-state index contributed by atoms with van der Waals surface area (Å²) in [5, 5.41) is 13.3. The summed E-state index contributed by atoms with van der Waals surface area (Å²) in [4.78, 5) is 23.1. The van der Waals surface area contributed by atoms with Gasteiger partial charge in [-0.15, -0.1) is 0 Å². The number of carbonyl (C=O) groups excluding carboxylic acids is 1. The number of piperidine rings is 1. The Bertz CT molecular complexity index is 1450. The van der Waals surface area contributed by atoms with Crippen molar-refractivity contribution in [2.24, 2.45) is 5.92 Å². The number of anilines is 2. The number of likely N-dealkylation sites (tertiary alicyclic amines) is 1. The van der Waals surface area contributed by atoms with Crippen molar-refractivity contribution in [3.63, 3.8) is 0 Å². The fourth-order valence-corrected chi connectivity index (χ4v) is 4.56. The molecule has 186 valence electrons. The van der Waals surface area contributed by atoms with Crippen LogP contribution in [0.1, 0.15) is 30.9 Å². The minimum atomic E-state index is 0.131. The normalized spacial score (nSPS) is 13.8. The van der Waals surface area contributed by atoms with Crippen molar-refractivity contribution in [1.29, 1.82) is 5.26 Å². The maximum absolute atomic E-state index is 11.7. The second-order valence-corrected chi connectivity index (χ2v) is 9.52. The van der Waals surface area contributed by atoms with E-state index in [1.54, 1.807) is 6.92 Å². The smallest absolute Gasteiger partial charge is 0.231 e. The minimum Gasteiger partial charge on any atom is -0.477 e. The lowest BCUT2D eigenvalue weighted by Crippen LogP contribution is -2.38. The van der Waals surface area contributed by atoms with Gasteiger partial charge in [-0.25, -0.2) is 4.98 Å². The number of carbonyl (C=O) groups is 1. The Morgan fingerprint density at radius 1 is 1.03 bits per heavy atom. The quantitative estimate of drug-likeness (QED) is 0.363. The monoisotopic (exact) mass is 491 g/mol. The molecule has 7 heteroatoms. The number of aromatic nitrogens is 2. The van der Waals surface area contributed by atoms with Gasteiger partial charge in [0.05, 0.1) is 29.1 Å². The molecular formula is C30H29N5O2. The molecular weight excluding hydrogens is 462 g/mol. The van der Waals surface area contributed by atoms with Crippen LogP contribution in [0, 0.1) is 24.2 Å². The largest absolute Gasteiger partial charge is 0.477 e. The Kier molecular flexibility index (Phi) is 7.00. The van der Waals surface area contributed by atoms with Crippen molar-refractivity contribution in [3.05, 3.63) is 77.9 Å². The van der Waals surface area contributed by atoms with Crippen LogP contribution < -0.4 is 10.1 Å². The number of hydrogen-bond donors (Lipinski definition) is 1. The van der Waals surface area contributed by atoms with Gasteiger partial charge in [0.1, 0.15) is 0 Å². The Labute approximate surface area is 216 Å². The van der Waals surface area contributed by atoms with Gasteiger partial charge in [-0.05, 0) is 73.2 Å². The molecule has 4 aromatic rings. The molecule has 0 atom stereocenters. The Morgan fingerprint density at radius 3 is 2.41 bits per heavy atom. The Hall–Kier alpha value is -4.44. The number of benzene rings is 3. The van der Waals surface area contributed by atoms with Crippen LogP contribution in [0.2, 0.25) is 0 Å². The first-order valence-corrected chi connectivity index (χ1v) is 12.5. The number of ether oxygens (including phenoxy) is 1. The van der Waals surface area contributed by atoms with Gasteiger partial charge < -0.3 is 15.0 Å². The zero-order valence-corrected chi connectivity index (χ0v) is 21.1. The molecule has 3 aromatic carbocycles. The van der Waals surface area contributed by atoms with Gasteiger partial charge in [0.25, 0.3) is 0 Å². The van der Waals surface area contributed by atoms with E-state index < -0.39 is 0 Å². The number of amides is 1. The molecule has 0 unspecified atom stereocenters. The first-order chi connectivity index (χ1) is 18.0. The molecule has 1 aliphatic heterocycles. The molecule has 2 heterocycles. The van der Waals surface area contributed by atoms with E-state index in [1.807, 2.05) is 78.6 Å². The maximum atomic E-state index is 11.7. The molecule has 37 heavy (non-hydrogen) atoms. The molecule has 0 spiro atoms. The third-order valence-corrected chi connectivity index (χ3v) is 6.83. The fourth-order valence-electron chi connectivity index (χ4n) is 4.56. The molecule has 0 aliphatic carbocycles. The minimum absolute atomic E-state index is 0.131. The summed E-state index contributed by atoms with van der Waals surface area (Å²) in [6.07, 6.45) is 1.83. The first-order valence-electron chi connectivity index (χ1n) is 12.5. The van der Waals surface area contributed by atoms with Crippen molar-refractivity contribution in [1.82, 2.24) is 14.9 Å². The molecule has 1 amide bonds. The average Bonchev–Trinajstić information content (AvgIpc) is 2.93. The van der Waals surface area contributed by atoms with E-state index in [4.69, 9.17) is 20.0 Å². The van der Waals surface area contributed by atoms with Crippen molar-refractivity contribution < 1.29 is 9.53 Å². The number of aryl methyl sites for hydroxylation is 1. The summed E-state index contributed by atoms with van der Waals surface area (Å²) >= 11 is 0. The number of fused-ring (bicyclic) bond motifs is 1. The number of hydrogen-bond acceptors (Lipinski definition) is 6. The molecule has 1 fully saturated rings. The van der Waals surface area contributed by atoms with Crippen LogP contribution in [-0.2, 0) is 4.79 Å². The van der Waals surface area contributed by atoms with Crippen LogP contribution in [0.15, 0.2) is 66.7 Å². The number of rotatable bonds is 6. The lowest BCUT2D eigenvalue weighted by atomic mass is 9.98. The standard InChI is InChI=1S/C30H29N5O2/c1-20-3-10-26(11-4-20)32-30-33-28-17-25(24-7-5-22(18-31)6-8-24)9-12-27(28)29(34-30)37-19-23-13-15-35(16-14-23)21(2)36/h3-12,17,23H,13-16,19H2,1-2H3,(H,32,33,34). The van der Waals surface area contributed by atoms with Crippen molar-refractivity contribution in [2.45, 2.75) is 26.7 Å². The summed E-state index contributed by atoms with van der Waals surface area (Å²) in [5.41, 5.74) is 5.48. The number of nitrogens with one attached hydrogen (secondary N) is 1. The van der Waals surface area contributed by atoms with Crippen LogP contribution in [0.25, 0.3) is 22.0 Å². The summed E-state index contributed by atoms with van der Waals surface area (Å²) in [7, 11) is 0. The molecule has 1 aromatic heterocycles. The lowest BCUT2D eigenvalue weighted by Gasteiger charge is -2.31. The van der Waals surface area contributed by atoms with E-state index in [2.05, 4.69) is 11.4 Å². The molecule has 5 rings (SSSR count). The fraction of sp³-hybridized carbons (Fsp3) is 0.267. The summed E-state index contributed by atoms with van der Waals surface area (Å²) in [6, 6.07) is 23.8. The van der Waals surface area contributed by atoms with Crippen LogP contribution in [0.4, 0.5) is 11.6 Å². The van der Waals surface area contributed by atoms with Gasteiger partial charge >= 0.3 is 0 Å². The van der Waals surface area contributed by atoms with Crippen LogP contribution in [-0.4, -0.2) is 40.5 Å². The summed E-state index contributed by atoms with van der Waals surface area (Å²) in [5.74, 6) is 1.51. The third-order valence-electron chi connectivity index (χ3n) is 6.83. The van der Waals surface area contributed by atoms with Crippen molar-refractivity contribution in [2.75, 3.05) is 25.0 Å². The van der Waals surface area contributed by atoms with Crippen LogP contribution in [0.3, 0.4) is 0 Å². The van der Waals surface area contributed by atoms with Gasteiger partial charge in [0.15, 0.2) is 0 Å². The number of nitrogens with zero attached hydrogens (tertiary/aromatic N) is 4. The van der Waals surface area contributed by atoms with Gasteiger partial charge in [0.2, 0.25) is 17.7 Å². The second-order valence-electron chi connectivity index (χ2n) is 9.52. The van der Waals surface area contributed by atoms with E-state index in [9.17, 15) is 4.79 Å². The zero-order chi connectivity index (χ0) is 25.8. The molecule has 1 N–H and O–H groups in total. The van der Waals surface area contributed by atoms with Gasteiger partial charge in [0, 0.05) is 25.7 Å². The third kappa shape index (κ3) is 5.70. The lowest BCUT2D eigenvalue weighted by molar-refractivity contribution is -0.130. The second kappa shape index (κ2) is 10.7. The highest BCUT2D eigenvalue weighted by Gasteiger charge is 2.22. The molecule has 0 bridgehead atoms. The van der Waals surface area contributed by atoms with Crippen molar-refractivity contribution in [3.8, 4) is 23.1 Å². The molecule has 1 aliphatic rings. The van der Waals surface area contributed by atoms with E-state index in [0.29, 0.717) is 29.9 Å². The maximum Gasteiger partial charge on any atom is 0.231 e. The Balaban J connectivity index is 1.44. The van der Waals surface area contributed by atoms with E-state index in [0.717, 1.165) is 53.6 Å². The molecule has 0 saturated carbocycles. The Morgan fingerprint density at radius 2 is 1.73 bits per heavy atom. The van der Waals surface area contributed by atoms with Crippen LogP contribution >= 0.6 is 0 Å². The van der Waals surface area contributed by atoms with Crippen LogP contribution in [0.5, 0.6) is 5.88 Å². The van der Waals surface area contributed by atoms with E-state index in [-0.39, 0.29) is 5.91 Å². The van der Waals surface area contributed by atoms with E-state index in [1.165, 1.54) is 5.56 Å². The molecule has 1 saturated heterocycles. The highest BCUT2D eigenvalue weighted by atomic mass is 16.5. The SMILES string of the molecule is CC(=O)N1CCC(COc2nc(Nc3ccc(C)cc3)nc3cc(-c4ccc(C#N)cc4)ccc23)CC1. The van der Waals surface area contributed by atoms with Gasteiger partial charge in [-0.2, -0.15) is 10.2 Å². The van der Waals surface area contributed by atoms with Gasteiger partial charge in [-0.1, -0.05) is 35.9 Å². The predicted molar refractivity (Wildman–Crippen MR) is 145 cm³/mol. The summed E-state index contributed by atoms with van der Waals surface area (Å²) in [6.45, 7) is 5.75. The van der Waals surface area contributed by atoms with Crippen molar-refractivity contribution >= 4 is 28.4 Å². The first kappa shape index (κ1) is 24.3. The summed E-state index contributed by atoms with van der Waals surface area (Å²) < 4.78 is 6.30.